The molecule has 1 heterocycles. The number of unbranched alkanes of at least 4 members (excludes halogenated alkanes) is 1. The number of halogens is 1. The van der Waals surface area contributed by atoms with Crippen LogP contribution in [0.5, 0.6) is 5.75 Å². The van der Waals surface area contributed by atoms with Gasteiger partial charge in [0, 0.05) is 24.7 Å². The second-order valence-electron chi connectivity index (χ2n) is 9.90. The van der Waals surface area contributed by atoms with Gasteiger partial charge in [0.25, 0.3) is 5.91 Å². The fourth-order valence-electron chi connectivity index (χ4n) is 5.02. The minimum absolute atomic E-state index is 0.00367. The van der Waals surface area contributed by atoms with E-state index in [2.05, 4.69) is 22.4 Å². The molecule has 0 spiro atoms. The molecule has 1 fully saturated rings. The van der Waals surface area contributed by atoms with Crippen molar-refractivity contribution in [1.29, 1.82) is 0 Å². The molecule has 3 aromatic rings. The van der Waals surface area contributed by atoms with Crippen LogP contribution in [0.25, 0.3) is 10.6 Å². The Hall–Kier alpha value is -3.01. The molecule has 1 aromatic heterocycles. The van der Waals surface area contributed by atoms with Crippen molar-refractivity contribution in [1.82, 2.24) is 15.5 Å². The van der Waals surface area contributed by atoms with E-state index in [4.69, 9.17) is 16.3 Å². The molecule has 8 nitrogen and oxygen atoms in total. The molecule has 1 aliphatic rings. The minimum Gasteiger partial charge on any atom is -0.492 e. The Kier molecular flexibility index (Phi) is 9.94. The molecule has 0 saturated heterocycles. The molecule has 0 aliphatic heterocycles. The van der Waals surface area contributed by atoms with Crippen LogP contribution in [0.15, 0.2) is 36.4 Å². The maximum absolute atomic E-state index is 13.4. The van der Waals surface area contributed by atoms with Gasteiger partial charge in [-0.15, -0.1) is 10.2 Å². The number of hydrogen-bond donors (Lipinski definition) is 2. The van der Waals surface area contributed by atoms with Crippen molar-refractivity contribution in [3.63, 3.8) is 0 Å². The number of amides is 1. The number of rotatable bonds is 12. The quantitative estimate of drug-likeness (QED) is 0.252. The summed E-state index contributed by atoms with van der Waals surface area (Å²) in [4.78, 5) is 26.4. The molecule has 4 rings (SSSR count). The van der Waals surface area contributed by atoms with Gasteiger partial charge in [0.1, 0.15) is 17.4 Å². The van der Waals surface area contributed by atoms with E-state index in [0.717, 1.165) is 59.6 Å². The standard InChI is InChI=1S/C29H35ClN4O4S/c1-4-5-14-34(27(35)21-9-6-7-11-23(21)30)29-33-32-26(39-29)20-16-18(2)25(19(3)17-20)38-15-13-31-24-12-8-10-22(24)28(36)37/h6-7,9,11,16-17,22,24,31H,4-5,8,10,12-15H2,1-3H3,(H,36,37)/t22-,24+/m0/s1. The van der Waals surface area contributed by atoms with Crippen molar-refractivity contribution in [2.45, 2.75) is 58.9 Å². The zero-order chi connectivity index (χ0) is 27.9. The molecular weight excluding hydrogens is 536 g/mol. The van der Waals surface area contributed by atoms with Crippen molar-refractivity contribution in [3.05, 3.63) is 58.1 Å². The summed E-state index contributed by atoms with van der Waals surface area (Å²) in [5.41, 5.74) is 3.30. The first-order valence-electron chi connectivity index (χ1n) is 13.4. The van der Waals surface area contributed by atoms with Gasteiger partial charge in [0.05, 0.1) is 16.5 Å². The van der Waals surface area contributed by atoms with E-state index >= 15 is 0 Å². The van der Waals surface area contributed by atoms with Gasteiger partial charge in [-0.3, -0.25) is 14.5 Å². The lowest BCUT2D eigenvalue weighted by atomic mass is 10.0. The number of carbonyl (C=O) groups excluding carboxylic acids is 1. The summed E-state index contributed by atoms with van der Waals surface area (Å²) in [5, 5.41) is 23.2. The fourth-order valence-corrected chi connectivity index (χ4v) is 6.09. The second kappa shape index (κ2) is 13.4. The van der Waals surface area contributed by atoms with Crippen molar-refractivity contribution in [2.24, 2.45) is 5.92 Å². The second-order valence-corrected chi connectivity index (χ2v) is 11.3. The number of aromatic nitrogens is 2. The van der Waals surface area contributed by atoms with Gasteiger partial charge in [-0.25, -0.2) is 0 Å². The predicted molar refractivity (Wildman–Crippen MR) is 155 cm³/mol. The van der Waals surface area contributed by atoms with Crippen LogP contribution in [-0.4, -0.2) is 52.9 Å². The molecule has 0 unspecified atom stereocenters. The highest BCUT2D eigenvalue weighted by Gasteiger charge is 2.32. The third-order valence-electron chi connectivity index (χ3n) is 7.03. The Morgan fingerprint density at radius 2 is 1.92 bits per heavy atom. The number of anilines is 1. The maximum atomic E-state index is 13.4. The fraction of sp³-hybridized carbons (Fsp3) is 0.448. The third-order valence-corrected chi connectivity index (χ3v) is 8.35. The Morgan fingerprint density at radius 3 is 2.62 bits per heavy atom. The molecule has 1 saturated carbocycles. The van der Waals surface area contributed by atoms with Gasteiger partial charge >= 0.3 is 5.97 Å². The summed E-state index contributed by atoms with van der Waals surface area (Å²) in [6, 6.07) is 11.1. The molecular formula is C29H35ClN4O4S. The maximum Gasteiger partial charge on any atom is 0.308 e. The van der Waals surface area contributed by atoms with E-state index in [1.54, 1.807) is 29.2 Å². The highest BCUT2D eigenvalue weighted by Crippen LogP contribution is 2.35. The van der Waals surface area contributed by atoms with E-state index in [1.165, 1.54) is 11.3 Å². The van der Waals surface area contributed by atoms with E-state index < -0.39 is 5.97 Å². The zero-order valence-electron chi connectivity index (χ0n) is 22.6. The number of nitrogens with one attached hydrogen (secondary N) is 1. The van der Waals surface area contributed by atoms with E-state index in [1.807, 2.05) is 26.0 Å². The van der Waals surface area contributed by atoms with Crippen molar-refractivity contribution in [2.75, 3.05) is 24.6 Å². The lowest BCUT2D eigenvalue weighted by Gasteiger charge is -2.19. The Labute approximate surface area is 238 Å². The molecule has 0 radical (unpaired) electrons. The number of aryl methyl sites for hydroxylation is 2. The van der Waals surface area contributed by atoms with Gasteiger partial charge in [-0.2, -0.15) is 0 Å². The smallest absolute Gasteiger partial charge is 0.308 e. The molecule has 10 heteroatoms. The van der Waals surface area contributed by atoms with E-state index in [9.17, 15) is 14.7 Å². The number of ether oxygens (including phenoxy) is 1. The van der Waals surface area contributed by atoms with Crippen LogP contribution in [0.3, 0.4) is 0 Å². The highest BCUT2D eigenvalue weighted by molar-refractivity contribution is 7.18. The molecule has 208 valence electrons. The summed E-state index contributed by atoms with van der Waals surface area (Å²) in [7, 11) is 0. The summed E-state index contributed by atoms with van der Waals surface area (Å²) >= 11 is 7.69. The van der Waals surface area contributed by atoms with Gasteiger partial charge in [-0.05, 0) is 68.5 Å². The number of carboxylic acid groups (broad SMARTS) is 1. The predicted octanol–water partition coefficient (Wildman–Crippen LogP) is 6.14. The zero-order valence-corrected chi connectivity index (χ0v) is 24.1. The molecule has 2 atom stereocenters. The Bertz CT molecular complexity index is 1290. The lowest BCUT2D eigenvalue weighted by Crippen LogP contribution is -2.38. The van der Waals surface area contributed by atoms with Crippen LogP contribution in [0.2, 0.25) is 5.02 Å². The number of benzene rings is 2. The first kappa shape index (κ1) is 29.0. The van der Waals surface area contributed by atoms with Gasteiger partial charge in [0.2, 0.25) is 5.13 Å². The largest absolute Gasteiger partial charge is 0.492 e. The molecule has 1 aliphatic carbocycles. The van der Waals surface area contributed by atoms with Gasteiger partial charge in [-0.1, -0.05) is 54.8 Å². The molecule has 0 bridgehead atoms. The monoisotopic (exact) mass is 570 g/mol. The average molecular weight is 571 g/mol. The van der Waals surface area contributed by atoms with Crippen LogP contribution in [0.1, 0.15) is 60.5 Å². The Balaban J connectivity index is 1.45. The van der Waals surface area contributed by atoms with E-state index in [-0.39, 0.29) is 17.9 Å². The summed E-state index contributed by atoms with van der Waals surface area (Å²) in [6.07, 6.45) is 4.32. The molecule has 2 N–H and O–H groups in total. The summed E-state index contributed by atoms with van der Waals surface area (Å²) < 4.78 is 6.09. The third kappa shape index (κ3) is 6.96. The van der Waals surface area contributed by atoms with Crippen LogP contribution < -0.4 is 15.0 Å². The number of hydrogen-bond acceptors (Lipinski definition) is 7. The minimum atomic E-state index is -0.727. The van der Waals surface area contributed by atoms with Crippen molar-refractivity contribution >= 4 is 39.9 Å². The normalized spacial score (nSPS) is 16.8. The van der Waals surface area contributed by atoms with Gasteiger partial charge < -0.3 is 15.2 Å². The Morgan fingerprint density at radius 1 is 1.18 bits per heavy atom. The molecule has 1 amide bonds. The van der Waals surface area contributed by atoms with Crippen LogP contribution in [0, 0.1) is 19.8 Å². The van der Waals surface area contributed by atoms with Crippen molar-refractivity contribution < 1.29 is 19.4 Å². The summed E-state index contributed by atoms with van der Waals surface area (Å²) in [6.45, 7) is 7.63. The highest BCUT2D eigenvalue weighted by atomic mass is 35.5. The number of carbonyl (C=O) groups is 2. The average Bonchev–Trinajstić information content (AvgIpc) is 3.58. The SMILES string of the molecule is CCCCN(C(=O)c1ccccc1Cl)c1nnc(-c2cc(C)c(OCCN[C@@H]3CCC[C@@H]3C(=O)O)c(C)c2)s1. The number of aliphatic carboxylic acids is 1. The lowest BCUT2D eigenvalue weighted by molar-refractivity contribution is -0.142. The first-order chi connectivity index (χ1) is 18.8. The summed E-state index contributed by atoms with van der Waals surface area (Å²) in [5.74, 6) is -0.420. The van der Waals surface area contributed by atoms with Crippen LogP contribution in [0.4, 0.5) is 5.13 Å². The molecule has 39 heavy (non-hydrogen) atoms. The van der Waals surface area contributed by atoms with Crippen LogP contribution >= 0.6 is 22.9 Å². The van der Waals surface area contributed by atoms with Crippen molar-refractivity contribution in [3.8, 4) is 16.3 Å². The number of carboxylic acids is 1. The van der Waals surface area contributed by atoms with Gasteiger partial charge in [0.15, 0.2) is 0 Å². The first-order valence-corrected chi connectivity index (χ1v) is 14.6. The van der Waals surface area contributed by atoms with Crippen LogP contribution in [-0.2, 0) is 4.79 Å². The van der Waals surface area contributed by atoms with E-state index in [0.29, 0.717) is 35.4 Å². The number of nitrogens with zero attached hydrogens (tertiary/aromatic N) is 3. The topological polar surface area (TPSA) is 105 Å². The molecule has 2 aromatic carbocycles.